The summed E-state index contributed by atoms with van der Waals surface area (Å²) in [7, 11) is 0. The first kappa shape index (κ1) is 24.8. The fourth-order valence-electron chi connectivity index (χ4n) is 3.77. The van der Waals surface area contributed by atoms with Crippen molar-refractivity contribution in [3.63, 3.8) is 0 Å². The Labute approximate surface area is 188 Å². The monoisotopic (exact) mass is 494 g/mol. The second kappa shape index (κ2) is 8.16. The lowest BCUT2D eigenvalue weighted by molar-refractivity contribution is -0.354. The van der Waals surface area contributed by atoms with Gasteiger partial charge in [0.1, 0.15) is 0 Å². The first-order chi connectivity index (χ1) is 15.1. The van der Waals surface area contributed by atoms with E-state index < -0.39 is 35.5 Å². The van der Waals surface area contributed by atoms with Gasteiger partial charge in [-0.15, -0.1) is 0 Å². The molecular formula is C22H16ClF7NO2+. The average molecular weight is 495 g/mol. The summed E-state index contributed by atoms with van der Waals surface area (Å²) in [6.07, 6.45) is -7.61. The third-order valence-electron chi connectivity index (χ3n) is 5.31. The van der Waals surface area contributed by atoms with Crippen LogP contribution >= 0.6 is 11.6 Å². The fourth-order valence-corrected chi connectivity index (χ4v) is 3.97. The number of alkyl halides is 7. The van der Waals surface area contributed by atoms with Crippen molar-refractivity contribution in [2.24, 2.45) is 0 Å². The van der Waals surface area contributed by atoms with Crippen LogP contribution in [0.5, 0.6) is 0 Å². The Bertz CT molecular complexity index is 1150. The van der Waals surface area contributed by atoms with Gasteiger partial charge in [0, 0.05) is 16.7 Å². The summed E-state index contributed by atoms with van der Waals surface area (Å²) in [5.41, 5.74) is -6.38. The highest BCUT2D eigenvalue weighted by atomic mass is 35.5. The second-order valence-corrected chi connectivity index (χ2v) is 7.99. The number of carbonyl (C=O) groups is 1. The number of allylic oxidation sites excluding steroid dienone is 1. The number of benzene rings is 2. The molecule has 3 nitrogen and oxygen atoms in total. The topological polar surface area (TPSA) is 40.3 Å². The molecule has 0 saturated carbocycles. The molecule has 1 unspecified atom stereocenters. The number of aromatic carboxylic acids is 1. The van der Waals surface area contributed by atoms with Gasteiger partial charge in [-0.2, -0.15) is 30.9 Å². The van der Waals surface area contributed by atoms with E-state index in [0.717, 1.165) is 0 Å². The van der Waals surface area contributed by atoms with Crippen LogP contribution in [0.25, 0.3) is 0 Å². The zero-order valence-corrected chi connectivity index (χ0v) is 17.8. The quantitative estimate of drug-likeness (QED) is 0.368. The second-order valence-electron chi connectivity index (χ2n) is 7.58. The van der Waals surface area contributed by atoms with Crippen LogP contribution in [0.1, 0.15) is 38.5 Å². The summed E-state index contributed by atoms with van der Waals surface area (Å²) >= 11 is 5.87. The van der Waals surface area contributed by atoms with Crippen LogP contribution in [0.15, 0.2) is 42.6 Å². The van der Waals surface area contributed by atoms with Crippen LogP contribution in [-0.2, 0) is 5.67 Å². The lowest BCUT2D eigenvalue weighted by Crippen LogP contribution is -2.50. The van der Waals surface area contributed by atoms with Crippen molar-refractivity contribution < 1.29 is 45.2 Å². The van der Waals surface area contributed by atoms with Crippen molar-refractivity contribution in [2.75, 3.05) is 0 Å². The fraction of sp³-hybridized carbons (Fsp3) is 0.273. The van der Waals surface area contributed by atoms with E-state index in [1.807, 2.05) is 0 Å². The first-order valence-corrected chi connectivity index (χ1v) is 9.74. The molecule has 0 saturated heterocycles. The molecule has 3 rings (SSSR count). The van der Waals surface area contributed by atoms with Gasteiger partial charge in [-0.05, 0) is 49.8 Å². The Hall–Kier alpha value is -2.88. The van der Waals surface area contributed by atoms with E-state index in [1.165, 1.54) is 36.8 Å². The van der Waals surface area contributed by atoms with Crippen molar-refractivity contribution in [1.82, 2.24) is 0 Å². The van der Waals surface area contributed by atoms with Crippen molar-refractivity contribution in [2.45, 2.75) is 37.8 Å². The normalized spacial score (nSPS) is 16.8. The molecule has 1 atom stereocenters. The van der Waals surface area contributed by atoms with E-state index in [0.29, 0.717) is 17.7 Å². The van der Waals surface area contributed by atoms with Crippen LogP contribution < -0.4 is 0 Å². The maximum Gasteiger partial charge on any atom is 0.435 e. The van der Waals surface area contributed by atoms with Gasteiger partial charge in [-0.3, -0.25) is 0 Å². The molecule has 0 spiro atoms. The van der Waals surface area contributed by atoms with Crippen LogP contribution in [0.2, 0.25) is 5.02 Å². The number of halogens is 8. The summed E-state index contributed by atoms with van der Waals surface area (Å²) in [5, 5.41) is 9.27. The van der Waals surface area contributed by atoms with Gasteiger partial charge in [0.25, 0.3) is 0 Å². The molecule has 11 heteroatoms. The molecule has 2 aromatic rings. The van der Waals surface area contributed by atoms with Gasteiger partial charge in [0.15, 0.2) is 12.4 Å². The standard InChI is InChI=1S/C22H15ClF7NO2/c1-11-7-15(20(24,21(25,26)27)22(28,29)30)8-12(2)18(11)31-6-5-14(10-31)13-3-4-17(23)16(9-13)19(32)33/h3-10,14H,1-2H3/p+1. The number of hydrogen-bond donors (Lipinski definition) is 1. The lowest BCUT2D eigenvalue weighted by atomic mass is 9.90. The Morgan fingerprint density at radius 2 is 1.52 bits per heavy atom. The minimum Gasteiger partial charge on any atom is -0.478 e. The minimum atomic E-state index is -6.20. The Kier molecular flexibility index (Phi) is 6.12. The van der Waals surface area contributed by atoms with E-state index in [4.69, 9.17) is 11.6 Å². The molecule has 0 aromatic heterocycles. The highest BCUT2D eigenvalue weighted by Gasteiger charge is 2.73. The van der Waals surface area contributed by atoms with Gasteiger partial charge >= 0.3 is 24.0 Å². The van der Waals surface area contributed by atoms with E-state index in [1.54, 1.807) is 18.4 Å². The number of aryl methyl sites for hydroxylation is 2. The highest BCUT2D eigenvalue weighted by Crippen LogP contribution is 2.54. The van der Waals surface area contributed by atoms with Crippen LogP contribution in [-0.4, -0.2) is 34.2 Å². The number of hydrogen-bond acceptors (Lipinski definition) is 1. The van der Waals surface area contributed by atoms with E-state index in [9.17, 15) is 40.6 Å². The maximum absolute atomic E-state index is 14.5. The number of carboxylic acid groups (broad SMARTS) is 1. The number of rotatable bonds is 4. The summed E-state index contributed by atoms with van der Waals surface area (Å²) in [6, 6.07) is 5.43. The SMILES string of the molecule is Cc1cc(C(F)(C(F)(F)F)C(F)(F)F)cc(C)c1[N+]1=CC(c2ccc(Cl)c(C(=O)O)c2)C=C1. The van der Waals surface area contributed by atoms with Gasteiger partial charge < -0.3 is 5.11 Å². The molecule has 0 amide bonds. The van der Waals surface area contributed by atoms with E-state index >= 15 is 0 Å². The summed E-state index contributed by atoms with van der Waals surface area (Å²) in [5.74, 6) is -1.67. The highest BCUT2D eigenvalue weighted by molar-refractivity contribution is 6.33. The van der Waals surface area contributed by atoms with Gasteiger partial charge in [0.05, 0.1) is 16.5 Å². The van der Waals surface area contributed by atoms with Crippen molar-refractivity contribution in [3.8, 4) is 0 Å². The number of carboxylic acids is 1. The zero-order valence-electron chi connectivity index (χ0n) is 17.0. The van der Waals surface area contributed by atoms with Gasteiger partial charge in [-0.1, -0.05) is 17.7 Å². The molecule has 2 aromatic carbocycles. The molecule has 0 radical (unpaired) electrons. The van der Waals surface area contributed by atoms with Crippen molar-refractivity contribution in [3.05, 3.63) is 75.4 Å². The molecule has 0 aliphatic carbocycles. The molecule has 1 heterocycles. The third-order valence-corrected chi connectivity index (χ3v) is 5.64. The summed E-state index contributed by atoms with van der Waals surface area (Å²) in [4.78, 5) is 11.3. The average Bonchev–Trinajstić information content (AvgIpc) is 3.14. The molecule has 0 bridgehead atoms. The van der Waals surface area contributed by atoms with Crippen LogP contribution in [0.4, 0.5) is 36.4 Å². The summed E-state index contributed by atoms with van der Waals surface area (Å²) in [6.45, 7) is 2.55. The number of nitrogens with zero attached hydrogens (tertiary/aromatic N) is 1. The van der Waals surface area contributed by atoms with E-state index in [2.05, 4.69) is 0 Å². The van der Waals surface area contributed by atoms with Crippen LogP contribution in [0.3, 0.4) is 0 Å². The summed E-state index contributed by atoms with van der Waals surface area (Å²) < 4.78 is 94.8. The van der Waals surface area contributed by atoms with Gasteiger partial charge in [-0.25, -0.2) is 9.18 Å². The Morgan fingerprint density at radius 3 is 2.00 bits per heavy atom. The van der Waals surface area contributed by atoms with E-state index in [-0.39, 0.29) is 27.4 Å². The Balaban J connectivity index is 2.05. The van der Waals surface area contributed by atoms with Crippen LogP contribution in [0, 0.1) is 13.8 Å². The lowest BCUT2D eigenvalue weighted by Gasteiger charge is -2.30. The predicted octanol–water partition coefficient (Wildman–Crippen LogP) is 6.97. The largest absolute Gasteiger partial charge is 0.478 e. The van der Waals surface area contributed by atoms with Crippen molar-refractivity contribution >= 4 is 29.5 Å². The molecule has 33 heavy (non-hydrogen) atoms. The zero-order chi connectivity index (χ0) is 24.9. The molecule has 0 fully saturated rings. The first-order valence-electron chi connectivity index (χ1n) is 9.36. The smallest absolute Gasteiger partial charge is 0.435 e. The van der Waals surface area contributed by atoms with Gasteiger partial charge in [0.2, 0.25) is 5.69 Å². The molecule has 1 aliphatic heterocycles. The predicted molar refractivity (Wildman–Crippen MR) is 107 cm³/mol. The molecule has 1 N–H and O–H groups in total. The molecular weight excluding hydrogens is 479 g/mol. The maximum atomic E-state index is 14.5. The van der Waals surface area contributed by atoms with Crippen molar-refractivity contribution in [1.29, 1.82) is 0 Å². The Morgan fingerprint density at radius 1 is 0.970 bits per heavy atom. The minimum absolute atomic E-state index is 0.00981. The molecule has 1 aliphatic rings. The molecule has 176 valence electrons. The third kappa shape index (κ3) is 4.23.